The van der Waals surface area contributed by atoms with Crippen molar-refractivity contribution >= 4 is 11.6 Å². The third-order valence-corrected chi connectivity index (χ3v) is 5.08. The quantitative estimate of drug-likeness (QED) is 0.856. The molecule has 22 heavy (non-hydrogen) atoms. The maximum Gasteiger partial charge on any atom is 0.158 e. The summed E-state index contributed by atoms with van der Waals surface area (Å²) >= 11 is 6.26. The molecule has 2 fully saturated rings. The Morgan fingerprint density at radius 1 is 1.36 bits per heavy atom. The summed E-state index contributed by atoms with van der Waals surface area (Å²) in [5.41, 5.74) is -3.15. The van der Waals surface area contributed by atoms with Crippen LogP contribution in [-0.4, -0.2) is 37.7 Å². The highest BCUT2D eigenvalue weighted by molar-refractivity contribution is 6.31. The third-order valence-electron chi connectivity index (χ3n) is 4.75. The van der Waals surface area contributed by atoms with E-state index < -0.39 is 16.9 Å². The van der Waals surface area contributed by atoms with Crippen LogP contribution < -0.4 is 0 Å². The molecule has 2 unspecified atom stereocenters. The number of benzene rings is 1. The molecule has 1 N–H and O–H groups in total. The number of epoxide rings is 1. The van der Waals surface area contributed by atoms with Gasteiger partial charge in [0.25, 0.3) is 0 Å². The molecule has 1 aliphatic heterocycles. The van der Waals surface area contributed by atoms with Gasteiger partial charge in [-0.25, -0.2) is 14.1 Å². The number of rotatable bonds is 5. The van der Waals surface area contributed by atoms with Crippen LogP contribution >= 0.6 is 11.6 Å². The number of alkyl halides is 1. The molecule has 0 bridgehead atoms. The maximum atomic E-state index is 15.1. The van der Waals surface area contributed by atoms with Gasteiger partial charge in [-0.15, -0.1) is 0 Å². The number of ether oxygens (including phenoxy) is 1. The summed E-state index contributed by atoms with van der Waals surface area (Å²) in [6.07, 6.45) is 3.73. The molecule has 116 valence electrons. The zero-order valence-electron chi connectivity index (χ0n) is 11.7. The van der Waals surface area contributed by atoms with Crippen molar-refractivity contribution in [1.82, 2.24) is 14.8 Å². The molecule has 7 heteroatoms. The average molecular weight is 324 g/mol. The predicted molar refractivity (Wildman–Crippen MR) is 77.1 cm³/mol. The number of nitrogens with zero attached hydrogens (tertiary/aromatic N) is 3. The summed E-state index contributed by atoms with van der Waals surface area (Å²) in [5.74, 6) is 0. The topological polar surface area (TPSA) is 63.5 Å². The smallest absolute Gasteiger partial charge is 0.158 e. The van der Waals surface area contributed by atoms with Gasteiger partial charge in [0.1, 0.15) is 18.3 Å². The van der Waals surface area contributed by atoms with Gasteiger partial charge in [0, 0.05) is 10.6 Å². The Labute approximate surface area is 131 Å². The molecular weight excluding hydrogens is 309 g/mol. The van der Waals surface area contributed by atoms with Crippen molar-refractivity contribution in [2.24, 2.45) is 0 Å². The van der Waals surface area contributed by atoms with E-state index in [0.29, 0.717) is 23.4 Å². The number of aliphatic hydroxyl groups is 1. The van der Waals surface area contributed by atoms with E-state index in [1.54, 1.807) is 24.3 Å². The summed E-state index contributed by atoms with van der Waals surface area (Å²) in [7, 11) is 0. The van der Waals surface area contributed by atoms with E-state index in [4.69, 9.17) is 16.3 Å². The first-order valence-corrected chi connectivity index (χ1v) is 7.52. The number of hydrogen-bond acceptors (Lipinski definition) is 4. The maximum absolute atomic E-state index is 15.1. The second-order valence-electron chi connectivity index (χ2n) is 5.95. The van der Waals surface area contributed by atoms with E-state index in [0.717, 1.165) is 0 Å². The minimum atomic E-state index is -1.47. The first-order valence-electron chi connectivity index (χ1n) is 7.14. The van der Waals surface area contributed by atoms with E-state index in [-0.39, 0.29) is 13.2 Å². The van der Waals surface area contributed by atoms with Crippen molar-refractivity contribution in [2.45, 2.75) is 36.3 Å². The molecule has 4 rings (SSSR count). The zero-order valence-corrected chi connectivity index (χ0v) is 12.5. The fraction of sp³-hybridized carbons (Fsp3) is 0.467. The fourth-order valence-corrected chi connectivity index (χ4v) is 3.68. The van der Waals surface area contributed by atoms with Crippen LogP contribution in [0.1, 0.15) is 18.4 Å². The van der Waals surface area contributed by atoms with Crippen molar-refractivity contribution in [3.05, 3.63) is 47.5 Å². The van der Waals surface area contributed by atoms with Crippen molar-refractivity contribution in [2.75, 3.05) is 6.61 Å². The predicted octanol–water partition coefficient (Wildman–Crippen LogP) is 2.09. The molecule has 1 saturated carbocycles. The number of halogens is 2. The number of hydrogen-bond donors (Lipinski definition) is 1. The number of aliphatic hydroxyl groups excluding tert-OH is 1. The van der Waals surface area contributed by atoms with Gasteiger partial charge >= 0.3 is 0 Å². The first-order chi connectivity index (χ1) is 10.6. The minimum Gasteiger partial charge on any atom is -0.393 e. The molecule has 0 amide bonds. The summed E-state index contributed by atoms with van der Waals surface area (Å²) in [6, 6.07) is 7.08. The van der Waals surface area contributed by atoms with Gasteiger partial charge in [0.2, 0.25) is 0 Å². The van der Waals surface area contributed by atoms with Crippen LogP contribution in [0, 0.1) is 0 Å². The SMILES string of the molecule is OCC1(c2ccccc2Cl)OC1(Cn1cncn1)C1(F)CC1. The molecule has 5 nitrogen and oxygen atoms in total. The largest absolute Gasteiger partial charge is 0.393 e. The standard InChI is InChI=1S/C15H15ClFN3O2/c16-12-4-2-1-3-11(12)14(8-21)15(22-14,13(17)5-6-13)7-20-10-18-9-19-20/h1-4,9-10,21H,5-8H2. The van der Waals surface area contributed by atoms with Crippen LogP contribution in [0.2, 0.25) is 5.02 Å². The molecule has 1 aromatic heterocycles. The summed E-state index contributed by atoms with van der Waals surface area (Å²) in [5, 5.41) is 14.5. The molecule has 2 atom stereocenters. The summed E-state index contributed by atoms with van der Waals surface area (Å²) in [4.78, 5) is 3.89. The summed E-state index contributed by atoms with van der Waals surface area (Å²) < 4.78 is 22.5. The van der Waals surface area contributed by atoms with Gasteiger partial charge in [0.05, 0.1) is 13.2 Å². The Morgan fingerprint density at radius 3 is 2.73 bits per heavy atom. The molecule has 1 saturated heterocycles. The highest BCUT2D eigenvalue weighted by atomic mass is 35.5. The Bertz CT molecular complexity index is 707. The van der Waals surface area contributed by atoms with Crippen LogP contribution in [0.25, 0.3) is 0 Å². The van der Waals surface area contributed by atoms with Crippen LogP contribution in [0.5, 0.6) is 0 Å². The van der Waals surface area contributed by atoms with Crippen LogP contribution in [0.3, 0.4) is 0 Å². The van der Waals surface area contributed by atoms with Crippen LogP contribution in [0.4, 0.5) is 4.39 Å². The highest BCUT2D eigenvalue weighted by Gasteiger charge is 2.84. The van der Waals surface area contributed by atoms with Crippen LogP contribution in [-0.2, 0) is 16.9 Å². The Balaban J connectivity index is 1.79. The Morgan fingerprint density at radius 2 is 2.14 bits per heavy atom. The average Bonchev–Trinajstić information content (AvgIpc) is 3.35. The van der Waals surface area contributed by atoms with Gasteiger partial charge in [0.15, 0.2) is 11.2 Å². The second kappa shape index (κ2) is 4.50. The molecule has 0 spiro atoms. The molecule has 0 radical (unpaired) electrons. The lowest BCUT2D eigenvalue weighted by atomic mass is 9.82. The highest BCUT2D eigenvalue weighted by Crippen LogP contribution is 2.70. The monoisotopic (exact) mass is 323 g/mol. The van der Waals surface area contributed by atoms with Crippen molar-refractivity contribution in [1.29, 1.82) is 0 Å². The van der Waals surface area contributed by atoms with Gasteiger partial charge in [-0.2, -0.15) is 5.10 Å². The Kier molecular flexibility index (Phi) is 2.89. The van der Waals surface area contributed by atoms with E-state index >= 15 is 4.39 Å². The molecular formula is C15H15ClFN3O2. The molecule has 1 aliphatic carbocycles. The third kappa shape index (κ3) is 1.71. The van der Waals surface area contributed by atoms with Crippen LogP contribution in [0.15, 0.2) is 36.9 Å². The molecule has 2 aliphatic rings. The lowest BCUT2D eigenvalue weighted by Crippen LogP contribution is -2.41. The minimum absolute atomic E-state index is 0.190. The normalized spacial score (nSPS) is 32.0. The van der Waals surface area contributed by atoms with Crippen molar-refractivity contribution in [3.63, 3.8) is 0 Å². The molecule has 2 heterocycles. The molecule has 2 aromatic rings. The van der Waals surface area contributed by atoms with Crippen molar-refractivity contribution in [3.8, 4) is 0 Å². The second-order valence-corrected chi connectivity index (χ2v) is 6.36. The summed E-state index contributed by atoms with van der Waals surface area (Å²) in [6.45, 7) is -0.146. The fourth-order valence-electron chi connectivity index (χ4n) is 3.39. The lowest BCUT2D eigenvalue weighted by molar-refractivity contribution is 0.119. The lowest BCUT2D eigenvalue weighted by Gasteiger charge is -2.23. The number of aromatic nitrogens is 3. The van der Waals surface area contributed by atoms with Gasteiger partial charge in [-0.05, 0) is 18.9 Å². The van der Waals surface area contributed by atoms with E-state index in [2.05, 4.69) is 10.1 Å². The van der Waals surface area contributed by atoms with E-state index in [9.17, 15) is 5.11 Å². The first kappa shape index (κ1) is 14.1. The van der Waals surface area contributed by atoms with Crippen molar-refractivity contribution < 1.29 is 14.2 Å². The Hall–Kier alpha value is -1.50. The van der Waals surface area contributed by atoms with E-state index in [1.165, 1.54) is 17.3 Å². The van der Waals surface area contributed by atoms with Gasteiger partial charge in [-0.3, -0.25) is 0 Å². The zero-order chi connectivity index (χ0) is 15.4. The van der Waals surface area contributed by atoms with Gasteiger partial charge < -0.3 is 9.84 Å². The van der Waals surface area contributed by atoms with E-state index in [1.807, 2.05) is 0 Å². The molecule has 1 aromatic carbocycles. The van der Waals surface area contributed by atoms with Gasteiger partial charge in [-0.1, -0.05) is 29.8 Å².